The van der Waals surface area contributed by atoms with Crippen LogP contribution in [0.4, 0.5) is 0 Å². The zero-order valence-corrected chi connectivity index (χ0v) is 8.37. The largest absolute Gasteiger partial charge is 0.481 e. The van der Waals surface area contributed by atoms with Crippen molar-refractivity contribution >= 4 is 23.6 Å². The van der Waals surface area contributed by atoms with Gasteiger partial charge in [-0.3, -0.25) is 4.79 Å². The first kappa shape index (κ1) is 10.8. The Bertz CT molecular complexity index is 345. The van der Waals surface area contributed by atoms with Crippen LogP contribution in [0.15, 0.2) is 30.3 Å². The van der Waals surface area contributed by atoms with Crippen LogP contribution in [0.2, 0.25) is 0 Å². The fraction of sp³-hybridized carbons (Fsp3) is 0.182. The van der Waals surface area contributed by atoms with Gasteiger partial charge in [0.05, 0.1) is 6.42 Å². The Morgan fingerprint density at radius 2 is 2.14 bits per heavy atom. The Kier molecular flexibility index (Phi) is 4.20. The zero-order chi connectivity index (χ0) is 10.4. The van der Waals surface area contributed by atoms with Gasteiger partial charge in [0, 0.05) is 5.88 Å². The van der Waals surface area contributed by atoms with Gasteiger partial charge in [0.1, 0.15) is 0 Å². The number of aliphatic carboxylic acids is 1. The number of halogens is 1. The summed E-state index contributed by atoms with van der Waals surface area (Å²) in [6, 6.07) is 7.39. The number of carboxylic acids is 1. The van der Waals surface area contributed by atoms with E-state index in [2.05, 4.69) is 0 Å². The van der Waals surface area contributed by atoms with E-state index in [1.165, 1.54) is 0 Å². The first-order chi connectivity index (χ1) is 6.74. The lowest BCUT2D eigenvalue weighted by Crippen LogP contribution is -2.01. The molecule has 0 aliphatic heterocycles. The molecule has 0 radical (unpaired) electrons. The molecule has 1 aromatic rings. The summed E-state index contributed by atoms with van der Waals surface area (Å²) in [6.07, 6.45) is 3.68. The Balaban J connectivity index is 2.90. The molecule has 1 aromatic carbocycles. The number of carboxylic acid groups (broad SMARTS) is 1. The highest BCUT2D eigenvalue weighted by molar-refractivity contribution is 6.19. The summed E-state index contributed by atoms with van der Waals surface area (Å²) in [5, 5.41) is 8.67. The molecule has 0 saturated heterocycles. The molecule has 14 heavy (non-hydrogen) atoms. The van der Waals surface area contributed by atoms with E-state index < -0.39 is 5.97 Å². The highest BCUT2D eigenvalue weighted by Crippen LogP contribution is 2.11. The van der Waals surface area contributed by atoms with Gasteiger partial charge in [0.25, 0.3) is 0 Å². The van der Waals surface area contributed by atoms with Gasteiger partial charge in [0.2, 0.25) is 0 Å². The van der Waals surface area contributed by atoms with Gasteiger partial charge in [-0.1, -0.05) is 36.4 Å². The number of hydrogen-bond acceptors (Lipinski definition) is 1. The molecular weight excluding hydrogens is 200 g/mol. The van der Waals surface area contributed by atoms with Crippen molar-refractivity contribution < 1.29 is 9.90 Å². The fourth-order valence-corrected chi connectivity index (χ4v) is 1.28. The molecule has 2 nitrogen and oxygen atoms in total. The number of hydrogen-bond donors (Lipinski definition) is 1. The van der Waals surface area contributed by atoms with Gasteiger partial charge in [-0.05, 0) is 11.1 Å². The summed E-state index contributed by atoms with van der Waals surface area (Å²) in [4.78, 5) is 10.5. The summed E-state index contributed by atoms with van der Waals surface area (Å²) in [5.41, 5.74) is 1.72. The summed E-state index contributed by atoms with van der Waals surface area (Å²) in [5.74, 6) is -0.391. The van der Waals surface area contributed by atoms with Crippen molar-refractivity contribution in [3.63, 3.8) is 0 Å². The van der Waals surface area contributed by atoms with Crippen LogP contribution in [-0.2, 0) is 11.2 Å². The van der Waals surface area contributed by atoms with Crippen molar-refractivity contribution in [1.29, 1.82) is 0 Å². The van der Waals surface area contributed by atoms with E-state index >= 15 is 0 Å². The van der Waals surface area contributed by atoms with Crippen LogP contribution < -0.4 is 0 Å². The van der Waals surface area contributed by atoms with Gasteiger partial charge in [-0.2, -0.15) is 0 Å². The maximum atomic E-state index is 10.5. The zero-order valence-electron chi connectivity index (χ0n) is 7.61. The number of rotatable bonds is 4. The first-order valence-corrected chi connectivity index (χ1v) is 4.79. The highest BCUT2D eigenvalue weighted by atomic mass is 35.5. The smallest absolute Gasteiger partial charge is 0.307 e. The third-order valence-corrected chi connectivity index (χ3v) is 1.96. The number of carbonyl (C=O) groups is 1. The van der Waals surface area contributed by atoms with Gasteiger partial charge in [-0.25, -0.2) is 0 Å². The lowest BCUT2D eigenvalue weighted by molar-refractivity contribution is -0.136. The normalized spacial score (nSPS) is 10.6. The number of alkyl halides is 1. The average molecular weight is 211 g/mol. The van der Waals surface area contributed by atoms with Crippen LogP contribution in [0.5, 0.6) is 0 Å². The predicted molar refractivity (Wildman–Crippen MR) is 57.5 cm³/mol. The van der Waals surface area contributed by atoms with E-state index in [4.69, 9.17) is 16.7 Å². The molecule has 0 heterocycles. The monoisotopic (exact) mass is 210 g/mol. The van der Waals surface area contributed by atoms with Crippen LogP contribution in [0.3, 0.4) is 0 Å². The van der Waals surface area contributed by atoms with E-state index in [-0.39, 0.29) is 6.42 Å². The van der Waals surface area contributed by atoms with Crippen LogP contribution in [0.1, 0.15) is 11.1 Å². The van der Waals surface area contributed by atoms with Crippen LogP contribution in [0.25, 0.3) is 6.08 Å². The lowest BCUT2D eigenvalue weighted by Gasteiger charge is -2.01. The third-order valence-electron chi connectivity index (χ3n) is 1.78. The Labute approximate surface area is 87.8 Å². The van der Waals surface area contributed by atoms with E-state index in [0.29, 0.717) is 5.88 Å². The van der Waals surface area contributed by atoms with Crippen LogP contribution in [-0.4, -0.2) is 17.0 Å². The van der Waals surface area contributed by atoms with Crippen molar-refractivity contribution in [2.45, 2.75) is 6.42 Å². The Morgan fingerprint density at radius 1 is 1.43 bits per heavy atom. The van der Waals surface area contributed by atoms with Gasteiger partial charge >= 0.3 is 5.97 Å². The number of allylic oxidation sites excluding steroid dienone is 1. The molecule has 0 unspecified atom stereocenters. The van der Waals surface area contributed by atoms with Gasteiger partial charge in [0.15, 0.2) is 0 Å². The van der Waals surface area contributed by atoms with Crippen molar-refractivity contribution in [3.8, 4) is 0 Å². The summed E-state index contributed by atoms with van der Waals surface area (Å²) in [7, 11) is 0. The minimum atomic E-state index is -0.822. The molecule has 74 valence electrons. The fourth-order valence-electron chi connectivity index (χ4n) is 1.19. The van der Waals surface area contributed by atoms with E-state index in [1.54, 1.807) is 6.08 Å². The minimum absolute atomic E-state index is 0.0444. The number of benzene rings is 1. The van der Waals surface area contributed by atoms with Crippen molar-refractivity contribution in [1.82, 2.24) is 0 Å². The topological polar surface area (TPSA) is 37.3 Å². The maximum Gasteiger partial charge on any atom is 0.307 e. The molecule has 0 aliphatic carbocycles. The van der Waals surface area contributed by atoms with Crippen LogP contribution in [0, 0.1) is 0 Å². The predicted octanol–water partition coefficient (Wildman–Crippen LogP) is 2.57. The van der Waals surface area contributed by atoms with Gasteiger partial charge in [-0.15, -0.1) is 11.6 Å². The average Bonchev–Trinajstić information content (AvgIpc) is 2.16. The first-order valence-electron chi connectivity index (χ1n) is 4.26. The molecule has 0 atom stereocenters. The molecule has 0 amide bonds. The molecule has 0 fully saturated rings. The Morgan fingerprint density at radius 3 is 2.79 bits per heavy atom. The van der Waals surface area contributed by atoms with Gasteiger partial charge < -0.3 is 5.11 Å². The third kappa shape index (κ3) is 3.23. The van der Waals surface area contributed by atoms with Crippen molar-refractivity contribution in [3.05, 3.63) is 41.5 Å². The highest BCUT2D eigenvalue weighted by Gasteiger charge is 2.03. The van der Waals surface area contributed by atoms with E-state index in [9.17, 15) is 4.79 Å². The van der Waals surface area contributed by atoms with Crippen molar-refractivity contribution in [2.75, 3.05) is 5.88 Å². The second-order valence-corrected chi connectivity index (χ2v) is 3.13. The SMILES string of the molecule is O=C(O)Cc1ccccc1C=CCCl. The molecule has 0 bridgehead atoms. The lowest BCUT2D eigenvalue weighted by atomic mass is 10.0. The molecule has 0 aliphatic rings. The molecule has 0 aromatic heterocycles. The van der Waals surface area contributed by atoms with E-state index in [0.717, 1.165) is 11.1 Å². The molecule has 0 saturated carbocycles. The molecule has 3 heteroatoms. The molecular formula is C11H11ClO2. The standard InChI is InChI=1S/C11H11ClO2/c12-7-3-6-9-4-1-2-5-10(9)8-11(13)14/h1-6H,7-8H2,(H,13,14). The second-order valence-electron chi connectivity index (χ2n) is 2.83. The summed E-state index contributed by atoms with van der Waals surface area (Å²) in [6.45, 7) is 0. The van der Waals surface area contributed by atoms with Crippen molar-refractivity contribution in [2.24, 2.45) is 0 Å². The molecule has 1 N–H and O–H groups in total. The minimum Gasteiger partial charge on any atom is -0.481 e. The van der Waals surface area contributed by atoms with E-state index in [1.807, 2.05) is 30.3 Å². The molecule has 1 rings (SSSR count). The second kappa shape index (κ2) is 5.45. The quantitative estimate of drug-likeness (QED) is 0.776. The molecule has 0 spiro atoms. The maximum absolute atomic E-state index is 10.5. The Hall–Kier alpha value is -1.28. The summed E-state index contributed by atoms with van der Waals surface area (Å²) < 4.78 is 0. The summed E-state index contributed by atoms with van der Waals surface area (Å²) >= 11 is 5.51. The van der Waals surface area contributed by atoms with Crippen LogP contribution >= 0.6 is 11.6 Å².